The maximum absolute atomic E-state index is 12.4. The molecule has 3 rings (SSSR count). The zero-order valence-electron chi connectivity index (χ0n) is 12.6. The maximum Gasteiger partial charge on any atom is 0.321 e. The number of rotatable bonds is 1. The van der Waals surface area contributed by atoms with Crippen LogP contribution >= 0.6 is 0 Å². The van der Waals surface area contributed by atoms with Gasteiger partial charge in [-0.05, 0) is 37.3 Å². The number of amides is 2. The fourth-order valence-electron chi connectivity index (χ4n) is 3.22. The van der Waals surface area contributed by atoms with Crippen LogP contribution in [0.15, 0.2) is 24.3 Å². The number of carbonyl (C=O) groups is 1. The Morgan fingerprint density at radius 3 is 2.77 bits per heavy atom. The van der Waals surface area contributed by atoms with E-state index in [1.807, 2.05) is 31.2 Å². The second-order valence-electron chi connectivity index (χ2n) is 6.00. The van der Waals surface area contributed by atoms with Gasteiger partial charge in [-0.1, -0.05) is 18.2 Å². The lowest BCUT2D eigenvalue weighted by Gasteiger charge is -2.22. The van der Waals surface area contributed by atoms with Gasteiger partial charge in [0.15, 0.2) is 0 Å². The molecule has 120 valence electrons. The van der Waals surface area contributed by atoms with Gasteiger partial charge in [-0.3, -0.25) is 0 Å². The van der Waals surface area contributed by atoms with Crippen LogP contribution in [0, 0.1) is 12.8 Å². The van der Waals surface area contributed by atoms with Gasteiger partial charge in [0.1, 0.15) is 0 Å². The Morgan fingerprint density at radius 1 is 1.27 bits per heavy atom. The number of anilines is 1. The summed E-state index contributed by atoms with van der Waals surface area (Å²) in [5, 5.41) is 2.56. The molecule has 2 N–H and O–H groups in total. The summed E-state index contributed by atoms with van der Waals surface area (Å²) in [6.07, 6.45) is 1.22. The van der Waals surface area contributed by atoms with Gasteiger partial charge in [-0.15, -0.1) is 0 Å². The van der Waals surface area contributed by atoms with Crippen molar-refractivity contribution in [1.29, 1.82) is 0 Å². The van der Waals surface area contributed by atoms with E-state index in [0.29, 0.717) is 26.1 Å². The molecule has 2 heterocycles. The number of nitrogens with zero attached hydrogens (tertiary/aromatic N) is 1. The van der Waals surface area contributed by atoms with Gasteiger partial charge in [0.2, 0.25) is 10.0 Å². The molecule has 0 spiro atoms. The molecule has 2 amide bonds. The lowest BCUT2D eigenvalue weighted by Crippen LogP contribution is -2.37. The summed E-state index contributed by atoms with van der Waals surface area (Å²) in [5.74, 6) is 0.112. The van der Waals surface area contributed by atoms with Crippen molar-refractivity contribution in [3.05, 3.63) is 29.8 Å². The van der Waals surface area contributed by atoms with E-state index in [9.17, 15) is 13.2 Å². The van der Waals surface area contributed by atoms with Crippen molar-refractivity contribution in [2.75, 3.05) is 25.0 Å². The van der Waals surface area contributed by atoms with E-state index in [2.05, 4.69) is 10.0 Å². The van der Waals surface area contributed by atoms with Gasteiger partial charge in [-0.25, -0.2) is 17.9 Å². The van der Waals surface area contributed by atoms with Crippen molar-refractivity contribution >= 4 is 21.7 Å². The van der Waals surface area contributed by atoms with E-state index < -0.39 is 10.0 Å². The molecule has 2 fully saturated rings. The van der Waals surface area contributed by atoms with Gasteiger partial charge >= 0.3 is 6.03 Å². The van der Waals surface area contributed by atoms with Crippen LogP contribution in [0.1, 0.15) is 18.4 Å². The highest BCUT2D eigenvalue weighted by Crippen LogP contribution is 2.28. The summed E-state index contributed by atoms with van der Waals surface area (Å²) in [5.41, 5.74) is 1.81. The van der Waals surface area contributed by atoms with E-state index in [1.165, 1.54) is 0 Å². The van der Waals surface area contributed by atoms with Gasteiger partial charge in [0, 0.05) is 25.3 Å². The zero-order chi connectivity index (χ0) is 15.7. The first-order valence-corrected chi connectivity index (χ1v) is 9.12. The Hall–Kier alpha value is -1.60. The highest BCUT2D eigenvalue weighted by Gasteiger charge is 2.41. The summed E-state index contributed by atoms with van der Waals surface area (Å²) >= 11 is 0. The molecule has 0 aliphatic carbocycles. The molecule has 0 aromatic heterocycles. The molecular weight excluding hydrogens is 302 g/mol. The van der Waals surface area contributed by atoms with Crippen LogP contribution in [0.2, 0.25) is 0 Å². The monoisotopic (exact) mass is 323 g/mol. The third-order valence-corrected chi connectivity index (χ3v) is 6.59. The quantitative estimate of drug-likeness (QED) is 0.823. The van der Waals surface area contributed by atoms with Gasteiger partial charge in [0.05, 0.1) is 5.25 Å². The van der Waals surface area contributed by atoms with Crippen LogP contribution in [-0.4, -0.2) is 44.2 Å². The lowest BCUT2D eigenvalue weighted by atomic mass is 10.0. The standard InChI is InChI=1S/C15H21N3O3S/c1-11-4-2-3-5-13(11)17-15(19)18-8-6-12-10-16-22(20,21)14(12)7-9-18/h2-5,12,14,16H,6-10H2,1H3,(H,17,19)/t12-,14-/m1/s1. The fraction of sp³-hybridized carbons (Fsp3) is 0.533. The van der Waals surface area contributed by atoms with Crippen molar-refractivity contribution in [2.24, 2.45) is 5.92 Å². The minimum Gasteiger partial charge on any atom is -0.324 e. The average molecular weight is 323 g/mol. The van der Waals surface area contributed by atoms with Gasteiger partial charge < -0.3 is 10.2 Å². The highest BCUT2D eigenvalue weighted by molar-refractivity contribution is 7.90. The molecule has 1 aromatic rings. The second kappa shape index (κ2) is 5.89. The summed E-state index contributed by atoms with van der Waals surface area (Å²) in [6.45, 7) is 3.51. The van der Waals surface area contributed by atoms with Crippen LogP contribution in [0.5, 0.6) is 0 Å². The van der Waals surface area contributed by atoms with Crippen LogP contribution in [0.4, 0.5) is 10.5 Å². The molecule has 6 nitrogen and oxygen atoms in total. The highest BCUT2D eigenvalue weighted by atomic mass is 32.2. The first-order chi connectivity index (χ1) is 10.5. The fourth-order valence-corrected chi connectivity index (χ4v) is 5.04. The Kier molecular flexibility index (Phi) is 4.10. The lowest BCUT2D eigenvalue weighted by molar-refractivity contribution is 0.213. The number of hydrogen-bond donors (Lipinski definition) is 2. The summed E-state index contributed by atoms with van der Waals surface area (Å²) in [4.78, 5) is 14.1. The largest absolute Gasteiger partial charge is 0.324 e. The van der Waals surface area contributed by atoms with E-state index in [4.69, 9.17) is 0 Å². The van der Waals surface area contributed by atoms with Crippen molar-refractivity contribution in [2.45, 2.75) is 25.0 Å². The minimum atomic E-state index is -3.19. The van der Waals surface area contributed by atoms with Crippen LogP contribution < -0.4 is 10.0 Å². The molecule has 0 unspecified atom stereocenters. The van der Waals surface area contributed by atoms with E-state index in [0.717, 1.165) is 17.7 Å². The van der Waals surface area contributed by atoms with E-state index in [1.54, 1.807) is 4.90 Å². The predicted molar refractivity (Wildman–Crippen MR) is 85.2 cm³/mol. The minimum absolute atomic E-state index is 0.112. The first kappa shape index (κ1) is 15.3. The Bertz CT molecular complexity index is 674. The van der Waals surface area contributed by atoms with E-state index in [-0.39, 0.29) is 17.2 Å². The van der Waals surface area contributed by atoms with Gasteiger partial charge in [0.25, 0.3) is 0 Å². The number of likely N-dealkylation sites (tertiary alicyclic amines) is 1. The van der Waals surface area contributed by atoms with Crippen LogP contribution in [-0.2, 0) is 10.0 Å². The molecule has 22 heavy (non-hydrogen) atoms. The number of para-hydroxylation sites is 1. The Balaban J connectivity index is 1.67. The molecule has 2 aliphatic rings. The number of carbonyl (C=O) groups excluding carboxylic acids is 1. The van der Waals surface area contributed by atoms with Crippen molar-refractivity contribution in [1.82, 2.24) is 9.62 Å². The number of urea groups is 1. The van der Waals surface area contributed by atoms with Gasteiger partial charge in [-0.2, -0.15) is 0 Å². The molecule has 2 aliphatic heterocycles. The van der Waals surface area contributed by atoms with Crippen LogP contribution in [0.3, 0.4) is 0 Å². The van der Waals surface area contributed by atoms with E-state index >= 15 is 0 Å². The second-order valence-corrected chi connectivity index (χ2v) is 7.99. The number of fused-ring (bicyclic) bond motifs is 1. The summed E-state index contributed by atoms with van der Waals surface area (Å²) < 4.78 is 26.5. The number of benzene rings is 1. The van der Waals surface area contributed by atoms with Crippen molar-refractivity contribution < 1.29 is 13.2 Å². The normalized spacial score (nSPS) is 27.0. The maximum atomic E-state index is 12.4. The molecular formula is C15H21N3O3S. The molecule has 2 saturated heterocycles. The third-order valence-electron chi connectivity index (χ3n) is 4.60. The molecule has 0 saturated carbocycles. The molecule has 1 aromatic carbocycles. The zero-order valence-corrected chi connectivity index (χ0v) is 13.4. The summed E-state index contributed by atoms with van der Waals surface area (Å²) in [6, 6.07) is 7.47. The average Bonchev–Trinajstić information content (AvgIpc) is 2.65. The molecule has 7 heteroatoms. The topological polar surface area (TPSA) is 78.5 Å². The Labute approximate surface area is 130 Å². The molecule has 0 radical (unpaired) electrons. The Morgan fingerprint density at radius 2 is 2.00 bits per heavy atom. The SMILES string of the molecule is Cc1ccccc1NC(=O)N1CC[C@@H]2CNS(=O)(=O)[C@@H]2CC1. The number of sulfonamides is 1. The van der Waals surface area contributed by atoms with Crippen molar-refractivity contribution in [3.8, 4) is 0 Å². The van der Waals surface area contributed by atoms with Crippen LogP contribution in [0.25, 0.3) is 0 Å². The molecule has 0 bridgehead atoms. The predicted octanol–water partition coefficient (Wildman–Crippen LogP) is 1.54. The number of aryl methyl sites for hydroxylation is 1. The molecule has 2 atom stereocenters. The number of nitrogens with one attached hydrogen (secondary N) is 2. The van der Waals surface area contributed by atoms with Crippen molar-refractivity contribution in [3.63, 3.8) is 0 Å². The first-order valence-electron chi connectivity index (χ1n) is 7.57. The number of hydrogen-bond acceptors (Lipinski definition) is 3. The third kappa shape index (κ3) is 2.96. The summed E-state index contributed by atoms with van der Waals surface area (Å²) in [7, 11) is -3.19. The smallest absolute Gasteiger partial charge is 0.321 e.